The minimum absolute atomic E-state index is 0.0209. The number of hydrogen-bond acceptors (Lipinski definition) is 6. The number of piperidine rings is 1. The van der Waals surface area contributed by atoms with Gasteiger partial charge >= 0.3 is 12.3 Å². The van der Waals surface area contributed by atoms with Crippen LogP contribution in [0.15, 0.2) is 36.9 Å². The maximum absolute atomic E-state index is 13.4. The highest BCUT2D eigenvalue weighted by molar-refractivity contribution is 5.98. The summed E-state index contributed by atoms with van der Waals surface area (Å²) in [6.07, 6.45) is 2.63. The summed E-state index contributed by atoms with van der Waals surface area (Å²) in [4.78, 5) is 31.1. The molecular formula is C20H19F2N3O5. The summed E-state index contributed by atoms with van der Waals surface area (Å²) in [5.41, 5.74) is -0.597. The van der Waals surface area contributed by atoms with E-state index in [1.54, 1.807) is 17.4 Å². The van der Waals surface area contributed by atoms with Gasteiger partial charge in [-0.25, -0.2) is 4.98 Å². The maximum atomic E-state index is 13.4. The number of esters is 1. The van der Waals surface area contributed by atoms with E-state index in [2.05, 4.69) is 14.5 Å². The Balaban J connectivity index is 1.26. The fourth-order valence-electron chi connectivity index (χ4n) is 4.42. The molecule has 8 nitrogen and oxygen atoms in total. The number of imidazole rings is 1. The average Bonchev–Trinajstić information content (AvgIpc) is 3.39. The van der Waals surface area contributed by atoms with E-state index in [-0.39, 0.29) is 29.1 Å². The number of carbonyl (C=O) groups is 2. The van der Waals surface area contributed by atoms with E-state index in [0.29, 0.717) is 38.9 Å². The molecule has 0 bridgehead atoms. The highest BCUT2D eigenvalue weighted by atomic mass is 19.3. The Labute approximate surface area is 170 Å². The van der Waals surface area contributed by atoms with Crippen LogP contribution in [0.2, 0.25) is 0 Å². The summed E-state index contributed by atoms with van der Waals surface area (Å²) < 4.78 is 43.2. The lowest BCUT2D eigenvalue weighted by Crippen LogP contribution is -2.45. The molecule has 0 radical (unpaired) electrons. The van der Waals surface area contributed by atoms with Crippen LogP contribution in [0.3, 0.4) is 0 Å². The van der Waals surface area contributed by atoms with Crippen LogP contribution in [0.1, 0.15) is 29.6 Å². The summed E-state index contributed by atoms with van der Waals surface area (Å²) in [6.45, 7) is 1.19. The number of amides is 1. The zero-order chi connectivity index (χ0) is 20.9. The summed E-state index contributed by atoms with van der Waals surface area (Å²) in [5, 5.41) is 0. The van der Waals surface area contributed by atoms with Crippen LogP contribution in [0.5, 0.6) is 11.5 Å². The zero-order valence-corrected chi connectivity index (χ0v) is 15.9. The van der Waals surface area contributed by atoms with E-state index < -0.39 is 17.6 Å². The monoisotopic (exact) mass is 419 g/mol. The topological polar surface area (TPSA) is 82.9 Å². The Morgan fingerprint density at radius 1 is 1.23 bits per heavy atom. The van der Waals surface area contributed by atoms with Crippen molar-refractivity contribution < 1.29 is 32.6 Å². The molecule has 5 rings (SSSR count). The molecule has 10 heteroatoms. The highest BCUT2D eigenvalue weighted by Gasteiger charge is 2.51. The molecule has 4 heterocycles. The van der Waals surface area contributed by atoms with Gasteiger partial charge in [-0.2, -0.15) is 0 Å². The number of aromatic nitrogens is 2. The van der Waals surface area contributed by atoms with E-state index >= 15 is 0 Å². The van der Waals surface area contributed by atoms with E-state index in [9.17, 15) is 18.4 Å². The Morgan fingerprint density at radius 3 is 2.77 bits per heavy atom. The fourth-order valence-corrected chi connectivity index (χ4v) is 4.42. The molecule has 158 valence electrons. The predicted molar refractivity (Wildman–Crippen MR) is 96.9 cm³/mol. The van der Waals surface area contributed by atoms with Crippen LogP contribution in [0.4, 0.5) is 8.78 Å². The third-order valence-electron chi connectivity index (χ3n) is 5.97. The fraction of sp³-hybridized carbons (Fsp3) is 0.450. The number of carbonyl (C=O) groups excluding carboxylic acids is 2. The maximum Gasteiger partial charge on any atom is 0.586 e. The van der Waals surface area contributed by atoms with Gasteiger partial charge in [0, 0.05) is 31.9 Å². The van der Waals surface area contributed by atoms with Crippen molar-refractivity contribution in [2.75, 3.05) is 13.1 Å². The van der Waals surface area contributed by atoms with Crippen LogP contribution in [-0.2, 0) is 16.1 Å². The van der Waals surface area contributed by atoms with Gasteiger partial charge in [0.1, 0.15) is 6.10 Å². The molecule has 3 aliphatic heterocycles. The SMILES string of the molecule is O=C(c1cccc2c1OC(F)(F)O2)N1CCC2(CC1)CC(Cn1ccnc1)OC2=O. The number of benzene rings is 1. The van der Waals surface area contributed by atoms with E-state index in [1.807, 2.05) is 10.8 Å². The second-order valence-corrected chi connectivity index (χ2v) is 7.86. The lowest BCUT2D eigenvalue weighted by atomic mass is 9.76. The molecule has 1 aromatic carbocycles. The first-order chi connectivity index (χ1) is 14.4. The molecular weight excluding hydrogens is 400 g/mol. The molecule has 2 saturated heterocycles. The third-order valence-corrected chi connectivity index (χ3v) is 5.97. The van der Waals surface area contributed by atoms with Gasteiger partial charge in [0.05, 0.1) is 23.9 Å². The second kappa shape index (κ2) is 6.68. The zero-order valence-electron chi connectivity index (χ0n) is 15.9. The van der Waals surface area contributed by atoms with Crippen molar-refractivity contribution in [1.29, 1.82) is 0 Å². The molecule has 30 heavy (non-hydrogen) atoms. The molecule has 2 aromatic rings. The van der Waals surface area contributed by atoms with Gasteiger partial charge in [0.2, 0.25) is 0 Å². The number of hydrogen-bond donors (Lipinski definition) is 0. The second-order valence-electron chi connectivity index (χ2n) is 7.86. The van der Waals surface area contributed by atoms with Crippen LogP contribution < -0.4 is 9.47 Å². The molecule has 0 N–H and O–H groups in total. The number of cyclic esters (lactones) is 1. The first kappa shape index (κ1) is 18.8. The summed E-state index contributed by atoms with van der Waals surface area (Å²) in [6, 6.07) is 4.23. The first-order valence-electron chi connectivity index (χ1n) is 9.70. The van der Waals surface area contributed by atoms with Crippen molar-refractivity contribution >= 4 is 11.9 Å². The largest absolute Gasteiger partial charge is 0.586 e. The quantitative estimate of drug-likeness (QED) is 0.711. The standard InChI is InChI=1S/C20H19F2N3O5/c21-20(22)29-15-3-1-2-14(16(15)30-20)17(26)25-7-4-19(5-8-25)10-13(28-18(19)27)11-24-9-6-23-12-24/h1-3,6,9,12-13H,4-5,7-8,10-11H2. The molecule has 3 aliphatic rings. The van der Waals surface area contributed by atoms with E-state index in [4.69, 9.17) is 4.74 Å². The molecule has 1 amide bonds. The van der Waals surface area contributed by atoms with E-state index in [1.165, 1.54) is 18.2 Å². The van der Waals surface area contributed by atoms with Gasteiger partial charge < -0.3 is 23.7 Å². The summed E-state index contributed by atoms with van der Waals surface area (Å²) in [7, 11) is 0. The highest BCUT2D eigenvalue weighted by Crippen LogP contribution is 2.46. The average molecular weight is 419 g/mol. The van der Waals surface area contributed by atoms with Gasteiger partial charge in [-0.05, 0) is 25.0 Å². The number of ether oxygens (including phenoxy) is 3. The molecule has 0 aliphatic carbocycles. The van der Waals surface area contributed by atoms with Crippen LogP contribution in [0.25, 0.3) is 0 Å². The number of fused-ring (bicyclic) bond motifs is 1. The molecule has 1 aromatic heterocycles. The summed E-state index contributed by atoms with van der Waals surface area (Å²) >= 11 is 0. The molecule has 1 spiro atoms. The smallest absolute Gasteiger partial charge is 0.460 e. The van der Waals surface area contributed by atoms with E-state index in [0.717, 1.165) is 0 Å². The first-order valence-corrected chi connectivity index (χ1v) is 9.70. The number of alkyl halides is 2. The number of nitrogens with zero attached hydrogens (tertiary/aromatic N) is 3. The van der Waals surface area contributed by atoms with Gasteiger partial charge in [0.25, 0.3) is 5.91 Å². The van der Waals surface area contributed by atoms with Crippen molar-refractivity contribution in [2.45, 2.75) is 38.2 Å². The van der Waals surface area contributed by atoms with Crippen molar-refractivity contribution in [3.8, 4) is 11.5 Å². The Morgan fingerprint density at radius 2 is 2.03 bits per heavy atom. The van der Waals surface area contributed by atoms with Crippen molar-refractivity contribution in [3.05, 3.63) is 42.5 Å². The van der Waals surface area contributed by atoms with Crippen molar-refractivity contribution in [3.63, 3.8) is 0 Å². The molecule has 1 unspecified atom stereocenters. The van der Waals surface area contributed by atoms with Crippen molar-refractivity contribution in [2.24, 2.45) is 5.41 Å². The Kier molecular flexibility index (Phi) is 4.19. The Bertz CT molecular complexity index is 986. The van der Waals surface area contributed by atoms with Gasteiger partial charge in [-0.15, -0.1) is 8.78 Å². The van der Waals surface area contributed by atoms with Crippen molar-refractivity contribution in [1.82, 2.24) is 14.5 Å². The van der Waals surface area contributed by atoms with Gasteiger partial charge in [-0.1, -0.05) is 6.07 Å². The normalized spacial score (nSPS) is 23.6. The van der Waals surface area contributed by atoms with Crippen LogP contribution >= 0.6 is 0 Å². The number of rotatable bonds is 3. The summed E-state index contributed by atoms with van der Waals surface area (Å²) in [5.74, 6) is -1.09. The molecule has 2 fully saturated rings. The number of halogens is 2. The minimum atomic E-state index is -3.79. The Hall–Kier alpha value is -3.17. The number of para-hydroxylation sites is 1. The molecule has 0 saturated carbocycles. The lowest BCUT2D eigenvalue weighted by Gasteiger charge is -2.36. The van der Waals surface area contributed by atoms with Gasteiger partial charge in [-0.3, -0.25) is 9.59 Å². The van der Waals surface area contributed by atoms with Crippen LogP contribution in [-0.4, -0.2) is 51.8 Å². The number of likely N-dealkylation sites (tertiary alicyclic amines) is 1. The minimum Gasteiger partial charge on any atom is -0.460 e. The van der Waals surface area contributed by atoms with Crippen LogP contribution in [0, 0.1) is 5.41 Å². The third kappa shape index (κ3) is 3.16. The predicted octanol–water partition coefficient (Wildman–Crippen LogP) is 2.44. The molecule has 1 atom stereocenters. The van der Waals surface area contributed by atoms with Gasteiger partial charge in [0.15, 0.2) is 11.5 Å². The lowest BCUT2D eigenvalue weighted by molar-refractivity contribution is -0.286.